The summed E-state index contributed by atoms with van der Waals surface area (Å²) in [5.74, 6) is 3.30. The van der Waals surface area contributed by atoms with E-state index in [4.69, 9.17) is 9.47 Å². The lowest BCUT2D eigenvalue weighted by atomic mass is 10.2. The van der Waals surface area contributed by atoms with Gasteiger partial charge in [-0.15, -0.1) is 0 Å². The van der Waals surface area contributed by atoms with Crippen LogP contribution in [0.4, 0.5) is 23.3 Å². The molecule has 0 radical (unpaired) electrons. The molecule has 2 saturated heterocycles. The van der Waals surface area contributed by atoms with Crippen molar-refractivity contribution in [3.05, 3.63) is 73.6 Å². The molecule has 0 spiro atoms. The summed E-state index contributed by atoms with van der Waals surface area (Å²) in [6, 6.07) is 16.3. The Kier molecular flexibility index (Phi) is 9.43. The van der Waals surface area contributed by atoms with Gasteiger partial charge in [-0.25, -0.2) is 19.9 Å². The first-order valence-electron chi connectivity index (χ1n) is 15.3. The molecule has 2 aromatic carbocycles. The van der Waals surface area contributed by atoms with Crippen molar-refractivity contribution in [3.8, 4) is 11.5 Å². The monoisotopic (exact) mass is 638 g/mol. The highest BCUT2D eigenvalue weighted by Crippen LogP contribution is 2.30. The zero-order chi connectivity index (χ0) is 31.3. The fourth-order valence-corrected chi connectivity index (χ4v) is 5.84. The zero-order valence-corrected chi connectivity index (χ0v) is 26.4. The number of nitrogens with zero attached hydrogens (tertiary/aromatic N) is 10. The Hall–Kier alpha value is -5.70. The minimum atomic E-state index is 0. The van der Waals surface area contributed by atoms with Gasteiger partial charge in [-0.05, 0) is 24.3 Å². The second kappa shape index (κ2) is 14.2. The van der Waals surface area contributed by atoms with Crippen LogP contribution in [0.25, 0.3) is 22.3 Å². The highest BCUT2D eigenvalue weighted by atomic mass is 16.5. The molecule has 0 unspecified atom stereocenters. The van der Waals surface area contributed by atoms with Crippen LogP contribution in [0, 0.1) is 0 Å². The molecule has 0 atom stereocenters. The molecule has 2 aliphatic heterocycles. The standard InChI is InChI=1S/2C16H18N6O.H2O/c2*1-23-14-5-3-2-4-13(14)21-6-8-22(9-7-21)16-17-10-12-15(20-16)19-11-18-12;/h2*2-5,10-11H,6-9H2,1H3,(H,17,18,19,20);1H2. The van der Waals surface area contributed by atoms with Gasteiger partial charge in [0.2, 0.25) is 11.9 Å². The summed E-state index contributed by atoms with van der Waals surface area (Å²) in [4.78, 5) is 41.4. The highest BCUT2D eigenvalue weighted by Gasteiger charge is 2.23. The molecule has 6 aromatic rings. The molecule has 244 valence electrons. The SMILES string of the molecule is COc1ccccc1N1CCN(c2ncc3[nH]cnc3n2)CC1.COc1ccccc1N1CCN(c2ncc3[nH]cnc3n2)CC1.O. The Morgan fingerprint density at radius 2 is 0.915 bits per heavy atom. The van der Waals surface area contributed by atoms with E-state index in [0.29, 0.717) is 11.3 Å². The fraction of sp³-hybridized carbons (Fsp3) is 0.312. The van der Waals surface area contributed by atoms with Crippen LogP contribution in [0.1, 0.15) is 0 Å². The van der Waals surface area contributed by atoms with Crippen LogP contribution in [0.15, 0.2) is 73.6 Å². The number of piperazine rings is 2. The quantitative estimate of drug-likeness (QED) is 0.274. The van der Waals surface area contributed by atoms with Crippen molar-refractivity contribution in [1.29, 1.82) is 0 Å². The third-order valence-corrected chi connectivity index (χ3v) is 8.30. The largest absolute Gasteiger partial charge is 0.495 e. The average molecular weight is 639 g/mol. The van der Waals surface area contributed by atoms with Gasteiger partial charge in [-0.3, -0.25) is 0 Å². The summed E-state index contributed by atoms with van der Waals surface area (Å²) in [7, 11) is 3.42. The number of aromatic amines is 2. The van der Waals surface area contributed by atoms with Crippen LogP contribution in [0.5, 0.6) is 11.5 Å². The van der Waals surface area contributed by atoms with E-state index in [-0.39, 0.29) is 5.48 Å². The molecule has 15 heteroatoms. The van der Waals surface area contributed by atoms with Crippen LogP contribution >= 0.6 is 0 Å². The lowest BCUT2D eigenvalue weighted by molar-refractivity contribution is 0.413. The number of methoxy groups -OCH3 is 2. The van der Waals surface area contributed by atoms with Crippen LogP contribution < -0.4 is 29.1 Å². The van der Waals surface area contributed by atoms with E-state index >= 15 is 0 Å². The van der Waals surface area contributed by atoms with Crippen molar-refractivity contribution in [3.63, 3.8) is 0 Å². The first-order chi connectivity index (χ1) is 22.7. The van der Waals surface area contributed by atoms with Crippen LogP contribution in [-0.4, -0.2) is 112 Å². The van der Waals surface area contributed by atoms with E-state index in [1.165, 1.54) is 0 Å². The number of ether oxygens (including phenoxy) is 2. The number of anilines is 4. The molecule has 0 aliphatic carbocycles. The maximum absolute atomic E-state index is 5.46. The van der Waals surface area contributed by atoms with E-state index in [0.717, 1.165) is 98.2 Å². The summed E-state index contributed by atoms with van der Waals surface area (Å²) in [6.45, 7) is 7.10. The molecular weight excluding hydrogens is 600 g/mol. The number of hydrogen-bond acceptors (Lipinski definition) is 12. The van der Waals surface area contributed by atoms with Crippen LogP contribution in [0.2, 0.25) is 0 Å². The molecule has 8 rings (SSSR count). The Labute approximate surface area is 271 Å². The van der Waals surface area contributed by atoms with E-state index < -0.39 is 0 Å². The van der Waals surface area contributed by atoms with Crippen molar-refractivity contribution < 1.29 is 14.9 Å². The maximum atomic E-state index is 5.46. The molecule has 0 saturated carbocycles. The van der Waals surface area contributed by atoms with E-state index in [2.05, 4.69) is 71.6 Å². The van der Waals surface area contributed by atoms with Crippen molar-refractivity contribution in [1.82, 2.24) is 39.9 Å². The third kappa shape index (κ3) is 6.65. The predicted octanol–water partition coefficient (Wildman–Crippen LogP) is 2.55. The van der Waals surface area contributed by atoms with E-state index in [9.17, 15) is 0 Å². The number of aromatic nitrogens is 8. The molecule has 47 heavy (non-hydrogen) atoms. The van der Waals surface area contributed by atoms with Gasteiger partial charge in [-0.1, -0.05) is 24.3 Å². The number of H-pyrrole nitrogens is 2. The van der Waals surface area contributed by atoms with Crippen molar-refractivity contribution in [2.75, 3.05) is 86.2 Å². The lowest BCUT2D eigenvalue weighted by Gasteiger charge is -2.36. The molecule has 4 N–H and O–H groups in total. The van der Waals surface area contributed by atoms with Gasteiger partial charge in [-0.2, -0.15) is 9.97 Å². The first-order valence-corrected chi connectivity index (χ1v) is 15.3. The van der Waals surface area contributed by atoms with Gasteiger partial charge in [0.05, 0.1) is 50.6 Å². The molecular formula is C32H38N12O3. The fourth-order valence-electron chi connectivity index (χ4n) is 5.84. The second-order valence-corrected chi connectivity index (χ2v) is 10.9. The molecule has 15 nitrogen and oxygen atoms in total. The normalized spacial score (nSPS) is 14.9. The van der Waals surface area contributed by atoms with E-state index in [1.807, 2.05) is 36.4 Å². The molecule has 0 amide bonds. The predicted molar refractivity (Wildman–Crippen MR) is 182 cm³/mol. The number of rotatable bonds is 6. The number of nitrogens with one attached hydrogen (secondary N) is 2. The summed E-state index contributed by atoms with van der Waals surface area (Å²) in [5, 5.41) is 0. The van der Waals surface area contributed by atoms with Crippen LogP contribution in [-0.2, 0) is 0 Å². The molecule has 4 aromatic heterocycles. The number of fused-ring (bicyclic) bond motifs is 2. The highest BCUT2D eigenvalue weighted by molar-refractivity contribution is 5.71. The number of hydrogen-bond donors (Lipinski definition) is 2. The first kappa shape index (κ1) is 31.3. The summed E-state index contributed by atoms with van der Waals surface area (Å²) in [6.07, 6.45) is 6.86. The Morgan fingerprint density at radius 1 is 0.532 bits per heavy atom. The smallest absolute Gasteiger partial charge is 0.227 e. The Bertz CT molecular complexity index is 1760. The van der Waals surface area contributed by atoms with Crippen molar-refractivity contribution in [2.24, 2.45) is 0 Å². The van der Waals surface area contributed by atoms with Gasteiger partial charge in [0.1, 0.15) is 22.5 Å². The molecule has 2 fully saturated rings. The Balaban J connectivity index is 0.000000161. The van der Waals surface area contributed by atoms with Crippen LogP contribution in [0.3, 0.4) is 0 Å². The molecule has 2 aliphatic rings. The van der Waals surface area contributed by atoms with Gasteiger partial charge in [0.15, 0.2) is 11.3 Å². The number of imidazole rings is 2. The maximum Gasteiger partial charge on any atom is 0.227 e. The number of para-hydroxylation sites is 4. The Morgan fingerprint density at radius 3 is 1.32 bits per heavy atom. The van der Waals surface area contributed by atoms with Crippen molar-refractivity contribution >= 4 is 45.6 Å². The minimum absolute atomic E-state index is 0. The lowest BCUT2D eigenvalue weighted by Crippen LogP contribution is -2.47. The van der Waals surface area contributed by atoms with Crippen molar-refractivity contribution in [2.45, 2.75) is 0 Å². The van der Waals surface area contributed by atoms with Gasteiger partial charge >= 0.3 is 0 Å². The molecule has 6 heterocycles. The number of benzene rings is 2. The summed E-state index contributed by atoms with van der Waals surface area (Å²) in [5.41, 5.74) is 5.42. The van der Waals surface area contributed by atoms with Gasteiger partial charge in [0, 0.05) is 52.4 Å². The topological polar surface area (TPSA) is 172 Å². The summed E-state index contributed by atoms with van der Waals surface area (Å²) >= 11 is 0. The minimum Gasteiger partial charge on any atom is -0.495 e. The molecule has 0 bridgehead atoms. The zero-order valence-electron chi connectivity index (χ0n) is 26.4. The summed E-state index contributed by atoms with van der Waals surface area (Å²) < 4.78 is 10.9. The van der Waals surface area contributed by atoms with E-state index in [1.54, 1.807) is 39.3 Å². The van der Waals surface area contributed by atoms with Gasteiger partial charge in [0.25, 0.3) is 0 Å². The van der Waals surface area contributed by atoms with Gasteiger partial charge < -0.3 is 44.5 Å². The second-order valence-electron chi connectivity index (χ2n) is 10.9. The average Bonchev–Trinajstić information content (AvgIpc) is 3.81. The third-order valence-electron chi connectivity index (χ3n) is 8.30.